The van der Waals surface area contributed by atoms with Crippen molar-refractivity contribution in [2.45, 2.75) is 38.4 Å². The summed E-state index contributed by atoms with van der Waals surface area (Å²) in [6, 6.07) is 0. The van der Waals surface area contributed by atoms with Gasteiger partial charge < -0.3 is 10.6 Å². The van der Waals surface area contributed by atoms with Crippen molar-refractivity contribution in [3.8, 4) is 0 Å². The Morgan fingerprint density at radius 1 is 1.38 bits per heavy atom. The molecule has 2 unspecified atom stereocenters. The molecular formula is C14H24N4O2S. The van der Waals surface area contributed by atoms with Gasteiger partial charge in [-0.2, -0.15) is 0 Å². The molecule has 2 atom stereocenters. The summed E-state index contributed by atoms with van der Waals surface area (Å²) in [6.45, 7) is 6.34. The lowest BCUT2D eigenvalue weighted by Crippen LogP contribution is -2.29. The highest BCUT2D eigenvalue weighted by atomic mass is 32.2. The summed E-state index contributed by atoms with van der Waals surface area (Å²) in [5.41, 5.74) is 0.950. The minimum Gasteiger partial charge on any atom is -0.385 e. The van der Waals surface area contributed by atoms with Gasteiger partial charge in [0.25, 0.3) is 5.91 Å². The zero-order valence-electron chi connectivity index (χ0n) is 13.3. The van der Waals surface area contributed by atoms with Crippen LogP contribution >= 0.6 is 0 Å². The van der Waals surface area contributed by atoms with Crippen LogP contribution in [0.15, 0.2) is 6.20 Å². The Balaban J connectivity index is 2.76. The molecule has 1 aromatic rings. The standard InChI is InChI=1S/C14H24N4O2S/c1-9(2)13-17-8-11(15-4)12(18-13)14(19)16-7-6-10(3)21(5)20/h8-10,15H,6-7H2,1-5H3,(H,16,19). The van der Waals surface area contributed by atoms with E-state index in [1.807, 2.05) is 20.8 Å². The Labute approximate surface area is 128 Å². The molecule has 6 nitrogen and oxygen atoms in total. The largest absolute Gasteiger partial charge is 0.385 e. The molecule has 1 amide bonds. The van der Waals surface area contributed by atoms with Crippen LogP contribution in [-0.4, -0.2) is 45.2 Å². The van der Waals surface area contributed by atoms with E-state index in [-0.39, 0.29) is 17.1 Å². The lowest BCUT2D eigenvalue weighted by molar-refractivity contribution is 0.0948. The van der Waals surface area contributed by atoms with Crippen LogP contribution in [0.4, 0.5) is 5.69 Å². The van der Waals surface area contributed by atoms with Gasteiger partial charge in [-0.05, 0) is 6.42 Å². The van der Waals surface area contributed by atoms with Gasteiger partial charge >= 0.3 is 0 Å². The van der Waals surface area contributed by atoms with Gasteiger partial charge in [-0.15, -0.1) is 0 Å². The van der Waals surface area contributed by atoms with Gasteiger partial charge in [0.1, 0.15) is 5.82 Å². The molecule has 0 radical (unpaired) electrons. The molecule has 0 aliphatic heterocycles. The number of hydrogen-bond acceptors (Lipinski definition) is 5. The first-order valence-electron chi connectivity index (χ1n) is 7.01. The third-order valence-corrected chi connectivity index (χ3v) is 4.58. The van der Waals surface area contributed by atoms with Crippen molar-refractivity contribution in [2.24, 2.45) is 0 Å². The average molecular weight is 312 g/mol. The number of rotatable bonds is 7. The number of carbonyl (C=O) groups excluding carboxylic acids is 1. The van der Waals surface area contributed by atoms with Crippen molar-refractivity contribution in [1.29, 1.82) is 0 Å². The molecule has 0 fully saturated rings. The van der Waals surface area contributed by atoms with E-state index in [1.165, 1.54) is 0 Å². The van der Waals surface area contributed by atoms with Crippen LogP contribution in [0, 0.1) is 0 Å². The SMILES string of the molecule is CNc1cnc(C(C)C)nc1C(=O)NCCC(C)S(C)=O. The quantitative estimate of drug-likeness (QED) is 0.797. The zero-order valence-corrected chi connectivity index (χ0v) is 14.1. The molecule has 2 N–H and O–H groups in total. The Kier molecular flexibility index (Phi) is 6.74. The van der Waals surface area contributed by atoms with Crippen LogP contribution in [0.2, 0.25) is 0 Å². The van der Waals surface area contributed by atoms with Gasteiger partial charge in [0.2, 0.25) is 0 Å². The van der Waals surface area contributed by atoms with E-state index in [1.54, 1.807) is 19.5 Å². The summed E-state index contributed by atoms with van der Waals surface area (Å²) >= 11 is 0. The molecule has 1 rings (SSSR count). The van der Waals surface area contributed by atoms with E-state index in [0.29, 0.717) is 30.2 Å². The molecule has 0 saturated heterocycles. The van der Waals surface area contributed by atoms with Crippen LogP contribution in [0.5, 0.6) is 0 Å². The molecule has 0 aliphatic rings. The summed E-state index contributed by atoms with van der Waals surface area (Å²) in [6.07, 6.45) is 3.97. The first-order chi connectivity index (χ1) is 9.86. The smallest absolute Gasteiger partial charge is 0.272 e. The van der Waals surface area contributed by atoms with Gasteiger partial charge in [-0.3, -0.25) is 9.00 Å². The van der Waals surface area contributed by atoms with Gasteiger partial charge in [0, 0.05) is 41.8 Å². The van der Waals surface area contributed by atoms with Crippen molar-refractivity contribution in [3.63, 3.8) is 0 Å². The molecule has 7 heteroatoms. The van der Waals surface area contributed by atoms with Gasteiger partial charge in [-0.25, -0.2) is 9.97 Å². The lowest BCUT2D eigenvalue weighted by atomic mass is 10.2. The molecule has 0 bridgehead atoms. The molecule has 1 aromatic heterocycles. The predicted octanol–water partition coefficient (Wildman–Crippen LogP) is 1.53. The first-order valence-corrected chi connectivity index (χ1v) is 8.64. The van der Waals surface area contributed by atoms with Crippen molar-refractivity contribution < 1.29 is 9.00 Å². The molecule has 0 aliphatic carbocycles. The highest BCUT2D eigenvalue weighted by Crippen LogP contribution is 2.15. The minimum absolute atomic E-state index is 0.0608. The maximum atomic E-state index is 12.2. The van der Waals surface area contributed by atoms with Crippen molar-refractivity contribution in [3.05, 3.63) is 17.7 Å². The number of nitrogens with zero attached hydrogens (tertiary/aromatic N) is 2. The number of nitrogens with one attached hydrogen (secondary N) is 2. The normalized spacial score (nSPS) is 13.8. The summed E-state index contributed by atoms with van der Waals surface area (Å²) < 4.78 is 11.3. The maximum Gasteiger partial charge on any atom is 0.272 e. The number of hydrogen-bond donors (Lipinski definition) is 2. The molecule has 1 heterocycles. The fraction of sp³-hybridized carbons (Fsp3) is 0.643. The Bertz CT molecular complexity index is 520. The highest BCUT2D eigenvalue weighted by Gasteiger charge is 2.16. The van der Waals surface area contributed by atoms with E-state index in [2.05, 4.69) is 20.6 Å². The summed E-state index contributed by atoms with van der Waals surface area (Å²) in [5.74, 6) is 0.560. The fourth-order valence-electron chi connectivity index (χ4n) is 1.67. The third kappa shape index (κ3) is 5.08. The monoisotopic (exact) mass is 312 g/mol. The fourth-order valence-corrected chi connectivity index (χ4v) is 2.12. The Hall–Kier alpha value is -1.50. The van der Waals surface area contributed by atoms with Crippen LogP contribution in [0.1, 0.15) is 49.4 Å². The van der Waals surface area contributed by atoms with Crippen LogP contribution < -0.4 is 10.6 Å². The Morgan fingerprint density at radius 2 is 2.05 bits per heavy atom. The second kappa shape index (κ2) is 8.07. The molecule has 118 valence electrons. The Morgan fingerprint density at radius 3 is 2.57 bits per heavy atom. The van der Waals surface area contributed by atoms with Gasteiger partial charge in [-0.1, -0.05) is 20.8 Å². The summed E-state index contributed by atoms with van der Waals surface area (Å²) in [7, 11) is 0.854. The average Bonchev–Trinajstić information content (AvgIpc) is 2.45. The number of anilines is 1. The highest BCUT2D eigenvalue weighted by molar-refractivity contribution is 7.84. The van der Waals surface area contributed by atoms with Gasteiger partial charge in [0.15, 0.2) is 5.69 Å². The number of amides is 1. The van der Waals surface area contributed by atoms with E-state index in [0.717, 1.165) is 0 Å². The van der Waals surface area contributed by atoms with Crippen LogP contribution in [0.3, 0.4) is 0 Å². The van der Waals surface area contributed by atoms with Crippen molar-refractivity contribution in [2.75, 3.05) is 25.2 Å². The molecule has 0 spiro atoms. The molecule has 0 saturated carbocycles. The van der Waals surface area contributed by atoms with Crippen molar-refractivity contribution >= 4 is 22.4 Å². The van der Waals surface area contributed by atoms with Gasteiger partial charge in [0.05, 0.1) is 11.9 Å². The minimum atomic E-state index is -0.875. The maximum absolute atomic E-state index is 12.2. The topological polar surface area (TPSA) is 84.0 Å². The van der Waals surface area contributed by atoms with E-state index >= 15 is 0 Å². The third-order valence-electron chi connectivity index (χ3n) is 3.21. The lowest BCUT2D eigenvalue weighted by Gasteiger charge is -2.12. The summed E-state index contributed by atoms with van der Waals surface area (Å²) in [4.78, 5) is 20.8. The predicted molar refractivity (Wildman–Crippen MR) is 86.1 cm³/mol. The van der Waals surface area contributed by atoms with E-state index in [9.17, 15) is 9.00 Å². The second-order valence-electron chi connectivity index (χ2n) is 5.25. The van der Waals surface area contributed by atoms with E-state index < -0.39 is 10.8 Å². The molecule has 21 heavy (non-hydrogen) atoms. The van der Waals surface area contributed by atoms with E-state index in [4.69, 9.17) is 0 Å². The van der Waals surface area contributed by atoms with Crippen LogP contribution in [-0.2, 0) is 10.8 Å². The molecular weight excluding hydrogens is 288 g/mol. The number of aromatic nitrogens is 2. The second-order valence-corrected chi connectivity index (χ2v) is 7.05. The zero-order chi connectivity index (χ0) is 16.0. The van der Waals surface area contributed by atoms with Crippen molar-refractivity contribution in [1.82, 2.24) is 15.3 Å². The summed E-state index contributed by atoms with van der Waals surface area (Å²) in [5, 5.41) is 5.81. The number of carbonyl (C=O) groups is 1. The van der Waals surface area contributed by atoms with Crippen LogP contribution in [0.25, 0.3) is 0 Å². The first kappa shape index (κ1) is 17.6. The molecule has 0 aromatic carbocycles.